The monoisotopic (exact) mass is 324 g/mol. The molecule has 0 radical (unpaired) electrons. The summed E-state index contributed by atoms with van der Waals surface area (Å²) in [5, 5.41) is -0.214. The number of hydrogen-bond donors (Lipinski definition) is 0. The molecule has 1 atom stereocenters. The third-order valence-electron chi connectivity index (χ3n) is 2.99. The number of thioether (sulfide) groups is 1. The second-order valence-corrected chi connectivity index (χ2v) is 7.19. The maximum Gasteiger partial charge on any atom is 0.319 e. The second-order valence-electron chi connectivity index (χ2n) is 5.88. The van der Waals surface area contributed by atoms with Crippen molar-refractivity contribution in [3.63, 3.8) is 0 Å². The molecule has 0 saturated carbocycles. The average molecular weight is 324 g/mol. The van der Waals surface area contributed by atoms with Crippen molar-refractivity contribution in [1.82, 2.24) is 0 Å². The van der Waals surface area contributed by atoms with Crippen molar-refractivity contribution in [3.05, 3.63) is 0 Å². The van der Waals surface area contributed by atoms with Crippen molar-refractivity contribution >= 4 is 17.7 Å². The number of alkyl halides is 2. The van der Waals surface area contributed by atoms with Crippen molar-refractivity contribution < 1.29 is 18.3 Å². The van der Waals surface area contributed by atoms with Crippen LogP contribution in [0.3, 0.4) is 0 Å². The van der Waals surface area contributed by atoms with Crippen molar-refractivity contribution in [3.8, 4) is 0 Å². The lowest BCUT2D eigenvalue weighted by molar-refractivity contribution is -0.144. The molecule has 0 fully saturated rings. The molecule has 0 amide bonds. The first-order valence-corrected chi connectivity index (χ1v) is 9.03. The van der Waals surface area contributed by atoms with E-state index in [0.717, 1.165) is 12.8 Å². The van der Waals surface area contributed by atoms with E-state index in [1.165, 1.54) is 11.8 Å². The van der Waals surface area contributed by atoms with Crippen molar-refractivity contribution in [2.75, 3.05) is 12.4 Å². The fraction of sp³-hybridized carbons (Fsp3) is 0.938. The minimum Gasteiger partial charge on any atom is -0.465 e. The summed E-state index contributed by atoms with van der Waals surface area (Å²) in [5.74, 6) is -1.86. The van der Waals surface area contributed by atoms with Crippen LogP contribution in [0.25, 0.3) is 0 Å². The van der Waals surface area contributed by atoms with E-state index < -0.39 is 5.92 Å². The lowest BCUT2D eigenvalue weighted by Crippen LogP contribution is -2.23. The second kappa shape index (κ2) is 11.3. The predicted molar refractivity (Wildman–Crippen MR) is 86.0 cm³/mol. The van der Waals surface area contributed by atoms with Gasteiger partial charge in [-0.1, -0.05) is 40.5 Å². The zero-order valence-electron chi connectivity index (χ0n) is 13.8. The molecule has 2 nitrogen and oxygen atoms in total. The first-order chi connectivity index (χ1) is 9.82. The Labute approximate surface area is 132 Å². The minimum absolute atomic E-state index is 0.0491. The molecule has 0 aromatic carbocycles. The van der Waals surface area contributed by atoms with Gasteiger partial charge in [-0.05, 0) is 24.5 Å². The average Bonchev–Trinajstić information content (AvgIpc) is 2.39. The van der Waals surface area contributed by atoms with Crippen LogP contribution in [0.1, 0.15) is 66.2 Å². The quantitative estimate of drug-likeness (QED) is 0.360. The molecule has 21 heavy (non-hydrogen) atoms. The van der Waals surface area contributed by atoms with Crippen LogP contribution in [0, 0.1) is 5.92 Å². The molecule has 126 valence electrons. The normalized spacial score (nSPS) is 13.5. The van der Waals surface area contributed by atoms with Crippen LogP contribution in [-0.4, -0.2) is 29.5 Å². The van der Waals surface area contributed by atoms with Crippen LogP contribution >= 0.6 is 11.8 Å². The van der Waals surface area contributed by atoms with Crippen LogP contribution in [0.2, 0.25) is 0 Å². The molecule has 1 unspecified atom stereocenters. The van der Waals surface area contributed by atoms with Gasteiger partial charge in [0.05, 0.1) is 6.61 Å². The molecule has 0 spiro atoms. The fourth-order valence-corrected chi connectivity index (χ4v) is 3.12. The van der Waals surface area contributed by atoms with Gasteiger partial charge in [-0.25, -0.2) is 8.78 Å². The van der Waals surface area contributed by atoms with Gasteiger partial charge >= 0.3 is 5.97 Å². The Balaban J connectivity index is 4.06. The Hall–Kier alpha value is -0.320. The number of ether oxygens (including phenoxy) is 1. The van der Waals surface area contributed by atoms with Crippen molar-refractivity contribution in [2.45, 2.75) is 77.4 Å². The lowest BCUT2D eigenvalue weighted by Gasteiger charge is -2.18. The van der Waals surface area contributed by atoms with Gasteiger partial charge in [0, 0.05) is 12.8 Å². The zero-order valence-corrected chi connectivity index (χ0v) is 14.6. The van der Waals surface area contributed by atoms with Crippen LogP contribution in [0.15, 0.2) is 0 Å². The van der Waals surface area contributed by atoms with E-state index in [1.54, 1.807) is 6.92 Å². The maximum atomic E-state index is 13.4. The predicted octanol–water partition coefficient (Wildman–Crippen LogP) is 5.30. The highest BCUT2D eigenvalue weighted by Gasteiger charge is 2.27. The minimum atomic E-state index is -2.56. The summed E-state index contributed by atoms with van der Waals surface area (Å²) in [6.45, 7) is 8.19. The molecule has 0 aliphatic heterocycles. The van der Waals surface area contributed by atoms with E-state index in [4.69, 9.17) is 4.74 Å². The molecule has 0 aliphatic rings. The molecule has 0 heterocycles. The highest BCUT2D eigenvalue weighted by molar-refractivity contribution is 8.00. The van der Waals surface area contributed by atoms with Gasteiger partial charge in [0.15, 0.2) is 0 Å². The van der Waals surface area contributed by atoms with Gasteiger partial charge in [-0.2, -0.15) is 0 Å². The third-order valence-corrected chi connectivity index (χ3v) is 4.35. The topological polar surface area (TPSA) is 26.3 Å². The van der Waals surface area contributed by atoms with Gasteiger partial charge in [-0.15, -0.1) is 11.8 Å². The fourth-order valence-electron chi connectivity index (χ4n) is 1.92. The summed E-state index contributed by atoms with van der Waals surface area (Å²) < 4.78 is 32.0. The smallest absolute Gasteiger partial charge is 0.319 e. The molecule has 0 bridgehead atoms. The van der Waals surface area contributed by atoms with E-state index in [2.05, 4.69) is 0 Å². The number of carbonyl (C=O) groups is 1. The number of halogens is 2. The summed E-state index contributed by atoms with van der Waals surface area (Å²) in [6, 6.07) is 0. The van der Waals surface area contributed by atoms with Crippen molar-refractivity contribution in [2.24, 2.45) is 5.92 Å². The Morgan fingerprint density at radius 2 is 1.86 bits per heavy atom. The van der Waals surface area contributed by atoms with Gasteiger partial charge in [0.1, 0.15) is 5.25 Å². The third kappa shape index (κ3) is 11.0. The lowest BCUT2D eigenvalue weighted by atomic mass is 10.1. The number of rotatable bonds is 12. The van der Waals surface area contributed by atoms with Crippen LogP contribution in [0.5, 0.6) is 0 Å². The van der Waals surface area contributed by atoms with E-state index >= 15 is 0 Å². The standard InChI is InChI=1S/C16H30F2O2S/c1-5-8-14(15(19)20-12-13(3)4)21-11-7-10-16(17,18)9-6-2/h13-14H,5-12H2,1-4H3. The highest BCUT2D eigenvalue weighted by Crippen LogP contribution is 2.28. The number of hydrogen-bond acceptors (Lipinski definition) is 3. The van der Waals surface area contributed by atoms with Crippen LogP contribution < -0.4 is 0 Å². The Bertz CT molecular complexity index is 283. The molecule has 0 aromatic heterocycles. The summed E-state index contributed by atoms with van der Waals surface area (Å²) in [7, 11) is 0. The number of esters is 1. The van der Waals surface area contributed by atoms with E-state index in [-0.39, 0.29) is 24.1 Å². The van der Waals surface area contributed by atoms with Gasteiger partial charge < -0.3 is 4.74 Å². The first-order valence-electron chi connectivity index (χ1n) is 7.98. The molecule has 0 rings (SSSR count). The van der Waals surface area contributed by atoms with Crippen LogP contribution in [0.4, 0.5) is 8.78 Å². The summed E-state index contributed by atoms with van der Waals surface area (Å²) in [5.41, 5.74) is 0. The van der Waals surface area contributed by atoms with E-state index in [1.807, 2.05) is 20.8 Å². The van der Waals surface area contributed by atoms with Crippen molar-refractivity contribution in [1.29, 1.82) is 0 Å². The van der Waals surface area contributed by atoms with Gasteiger partial charge in [0.25, 0.3) is 0 Å². The molecule has 0 aromatic rings. The molecular formula is C16H30F2O2S. The van der Waals surface area contributed by atoms with Crippen LogP contribution in [-0.2, 0) is 9.53 Å². The highest BCUT2D eigenvalue weighted by atomic mass is 32.2. The van der Waals surface area contributed by atoms with Gasteiger partial charge in [-0.3, -0.25) is 4.79 Å². The molecule has 0 aliphatic carbocycles. The van der Waals surface area contributed by atoms with Gasteiger partial charge in [0.2, 0.25) is 5.92 Å². The summed E-state index contributed by atoms with van der Waals surface area (Å²) in [6.07, 6.45) is 2.43. The molecular weight excluding hydrogens is 294 g/mol. The Kier molecular flexibility index (Phi) is 11.1. The first kappa shape index (κ1) is 20.7. The molecule has 0 saturated heterocycles. The Morgan fingerprint density at radius 1 is 1.19 bits per heavy atom. The molecule has 5 heteroatoms. The van der Waals surface area contributed by atoms with E-state index in [0.29, 0.717) is 31.1 Å². The zero-order chi connectivity index (χ0) is 16.3. The Morgan fingerprint density at radius 3 is 2.38 bits per heavy atom. The number of carbonyl (C=O) groups excluding carboxylic acids is 1. The molecule has 0 N–H and O–H groups in total. The maximum absolute atomic E-state index is 13.4. The SMILES string of the molecule is CCCC(SCCCC(F)(F)CCC)C(=O)OCC(C)C. The largest absolute Gasteiger partial charge is 0.465 e. The summed E-state index contributed by atoms with van der Waals surface area (Å²) >= 11 is 1.46. The van der Waals surface area contributed by atoms with E-state index in [9.17, 15) is 13.6 Å². The summed E-state index contributed by atoms with van der Waals surface area (Å²) in [4.78, 5) is 11.9.